The molecule has 0 saturated heterocycles. The zero-order valence-corrected chi connectivity index (χ0v) is 10.8. The van der Waals surface area contributed by atoms with Gasteiger partial charge in [0, 0.05) is 12.1 Å². The molecule has 0 fully saturated rings. The summed E-state index contributed by atoms with van der Waals surface area (Å²) in [5.74, 6) is -0.832. The molecule has 0 unspecified atom stereocenters. The number of carbonyl (C=O) groups is 1. The molecule has 1 aromatic rings. The molecule has 0 bridgehead atoms. The molecular weight excluding hydrogens is 274 g/mol. The van der Waals surface area contributed by atoms with Crippen LogP contribution < -0.4 is 4.74 Å². The fourth-order valence-electron chi connectivity index (χ4n) is 0.929. The fourth-order valence-corrected chi connectivity index (χ4v) is 1.51. The molecular formula is C10H9Cl3O3. The van der Waals surface area contributed by atoms with E-state index < -0.39 is 11.6 Å². The molecule has 0 saturated carbocycles. The first kappa shape index (κ1) is 13.4. The van der Waals surface area contributed by atoms with Gasteiger partial charge in [-0.05, 0) is 13.8 Å². The van der Waals surface area contributed by atoms with E-state index in [2.05, 4.69) is 0 Å². The van der Waals surface area contributed by atoms with Gasteiger partial charge in [0.1, 0.15) is 5.75 Å². The largest absolute Gasteiger partial charge is 0.478 e. The molecule has 0 aliphatic heterocycles. The summed E-state index contributed by atoms with van der Waals surface area (Å²) < 4.78 is 5.25. The van der Waals surface area contributed by atoms with E-state index in [1.165, 1.54) is 26.0 Å². The number of halogens is 3. The number of rotatable bonds is 3. The highest BCUT2D eigenvalue weighted by atomic mass is 35.5. The second-order valence-electron chi connectivity index (χ2n) is 3.62. The van der Waals surface area contributed by atoms with Crippen molar-refractivity contribution in [2.24, 2.45) is 0 Å². The zero-order chi connectivity index (χ0) is 12.5. The lowest BCUT2D eigenvalue weighted by atomic mass is 10.1. The zero-order valence-electron chi connectivity index (χ0n) is 8.55. The molecule has 1 rings (SSSR count). The average Bonchev–Trinajstić information content (AvgIpc) is 2.13. The Morgan fingerprint density at radius 3 is 2.06 bits per heavy atom. The van der Waals surface area contributed by atoms with Gasteiger partial charge in [0.25, 0.3) is 0 Å². The van der Waals surface area contributed by atoms with Crippen LogP contribution in [0.1, 0.15) is 13.8 Å². The number of carboxylic acids is 1. The lowest BCUT2D eigenvalue weighted by molar-refractivity contribution is -0.152. The van der Waals surface area contributed by atoms with E-state index in [4.69, 9.17) is 44.6 Å². The van der Waals surface area contributed by atoms with Gasteiger partial charge in [0.15, 0.2) is 5.60 Å². The quantitative estimate of drug-likeness (QED) is 0.856. The second-order valence-corrected chi connectivity index (χ2v) is 4.81. The lowest BCUT2D eigenvalue weighted by Gasteiger charge is -2.21. The van der Waals surface area contributed by atoms with Crippen molar-refractivity contribution in [3.63, 3.8) is 0 Å². The predicted octanol–water partition coefficient (Wildman–Crippen LogP) is 3.89. The van der Waals surface area contributed by atoms with Crippen LogP contribution in [0.2, 0.25) is 15.1 Å². The number of carboxylic acid groups (broad SMARTS) is 1. The Kier molecular flexibility index (Phi) is 3.94. The molecule has 0 radical (unpaired) electrons. The summed E-state index contributed by atoms with van der Waals surface area (Å²) in [4.78, 5) is 10.8. The van der Waals surface area contributed by atoms with Crippen LogP contribution in [0.25, 0.3) is 0 Å². The van der Waals surface area contributed by atoms with Crippen molar-refractivity contribution in [2.45, 2.75) is 19.4 Å². The molecule has 0 heterocycles. The van der Waals surface area contributed by atoms with Gasteiger partial charge in [0.2, 0.25) is 0 Å². The molecule has 1 N–H and O–H groups in total. The summed E-state index contributed by atoms with van der Waals surface area (Å²) in [5.41, 5.74) is -1.36. The van der Waals surface area contributed by atoms with Gasteiger partial charge < -0.3 is 9.84 Å². The van der Waals surface area contributed by atoms with Crippen molar-refractivity contribution >= 4 is 40.8 Å². The molecule has 1 aromatic carbocycles. The van der Waals surface area contributed by atoms with Crippen LogP contribution in [-0.2, 0) is 4.79 Å². The molecule has 0 spiro atoms. The minimum Gasteiger partial charge on any atom is -0.478 e. The van der Waals surface area contributed by atoms with E-state index in [-0.39, 0.29) is 20.8 Å². The van der Waals surface area contributed by atoms with Crippen molar-refractivity contribution in [1.82, 2.24) is 0 Å². The van der Waals surface area contributed by atoms with E-state index in [0.29, 0.717) is 0 Å². The van der Waals surface area contributed by atoms with Gasteiger partial charge >= 0.3 is 5.97 Å². The third kappa shape index (κ3) is 2.94. The Labute approximate surface area is 108 Å². The van der Waals surface area contributed by atoms with Gasteiger partial charge in [-0.2, -0.15) is 0 Å². The second kappa shape index (κ2) is 4.70. The van der Waals surface area contributed by atoms with Gasteiger partial charge in [-0.25, -0.2) is 4.79 Å². The van der Waals surface area contributed by atoms with E-state index >= 15 is 0 Å². The molecule has 6 heteroatoms. The van der Waals surface area contributed by atoms with E-state index in [9.17, 15) is 4.79 Å². The summed E-state index contributed by atoms with van der Waals surface area (Å²) in [7, 11) is 0. The fraction of sp³-hybridized carbons (Fsp3) is 0.300. The monoisotopic (exact) mass is 282 g/mol. The molecule has 3 nitrogen and oxygen atoms in total. The van der Waals surface area contributed by atoms with Gasteiger partial charge in [-0.1, -0.05) is 34.8 Å². The number of ether oxygens (including phenoxy) is 1. The number of hydrogen-bond donors (Lipinski definition) is 1. The number of aliphatic carboxylic acids is 1. The van der Waals surface area contributed by atoms with Gasteiger partial charge in [-0.3, -0.25) is 0 Å². The molecule has 0 aliphatic carbocycles. The first-order chi connectivity index (χ1) is 7.24. The lowest BCUT2D eigenvalue weighted by Crippen LogP contribution is -2.37. The standard InChI is InChI=1S/C10H9Cl3O3/c1-10(2,9(14)15)16-5-3-6(11)8(13)7(12)4-5/h3-4H,1-2H3,(H,14,15). The molecule has 0 amide bonds. The summed E-state index contributed by atoms with van der Waals surface area (Å²) >= 11 is 17.3. The minimum absolute atomic E-state index is 0.212. The summed E-state index contributed by atoms with van der Waals surface area (Å²) in [6.45, 7) is 2.84. The molecule has 0 aliphatic rings. The Hall–Kier alpha value is -0.640. The number of hydrogen-bond acceptors (Lipinski definition) is 2. The molecule has 0 atom stereocenters. The normalized spacial score (nSPS) is 11.3. The van der Waals surface area contributed by atoms with Crippen LogP contribution in [0.4, 0.5) is 0 Å². The van der Waals surface area contributed by atoms with Crippen molar-refractivity contribution in [3.05, 3.63) is 27.2 Å². The van der Waals surface area contributed by atoms with Crippen LogP contribution in [0.5, 0.6) is 5.75 Å². The minimum atomic E-state index is -1.36. The maximum atomic E-state index is 10.8. The average molecular weight is 284 g/mol. The summed E-state index contributed by atoms with van der Waals surface area (Å²) in [5, 5.41) is 9.52. The van der Waals surface area contributed by atoms with Crippen molar-refractivity contribution in [1.29, 1.82) is 0 Å². The van der Waals surface area contributed by atoms with Crippen LogP contribution in [0.15, 0.2) is 12.1 Å². The Morgan fingerprint density at radius 2 is 1.69 bits per heavy atom. The van der Waals surface area contributed by atoms with Crippen molar-refractivity contribution in [3.8, 4) is 5.75 Å². The SMILES string of the molecule is CC(C)(Oc1cc(Cl)c(Cl)c(Cl)c1)C(=O)O. The van der Waals surface area contributed by atoms with Crippen LogP contribution >= 0.6 is 34.8 Å². The Balaban J connectivity index is 3.04. The third-order valence-corrected chi connectivity index (χ3v) is 3.04. The summed E-state index contributed by atoms with van der Waals surface area (Å²) in [6.07, 6.45) is 0. The van der Waals surface area contributed by atoms with Gasteiger partial charge in [0.05, 0.1) is 15.1 Å². The predicted molar refractivity (Wildman–Crippen MR) is 63.8 cm³/mol. The smallest absolute Gasteiger partial charge is 0.347 e. The highest BCUT2D eigenvalue weighted by Crippen LogP contribution is 2.35. The number of benzene rings is 1. The highest BCUT2D eigenvalue weighted by molar-refractivity contribution is 6.48. The van der Waals surface area contributed by atoms with Gasteiger partial charge in [-0.15, -0.1) is 0 Å². The maximum Gasteiger partial charge on any atom is 0.347 e. The van der Waals surface area contributed by atoms with E-state index in [0.717, 1.165) is 0 Å². The Bertz CT molecular complexity index is 406. The van der Waals surface area contributed by atoms with Crippen LogP contribution in [0.3, 0.4) is 0 Å². The maximum absolute atomic E-state index is 10.8. The van der Waals surface area contributed by atoms with E-state index in [1.807, 2.05) is 0 Å². The first-order valence-electron chi connectivity index (χ1n) is 4.31. The van der Waals surface area contributed by atoms with Crippen LogP contribution in [-0.4, -0.2) is 16.7 Å². The molecule has 0 aromatic heterocycles. The van der Waals surface area contributed by atoms with Crippen molar-refractivity contribution < 1.29 is 14.6 Å². The summed E-state index contributed by atoms with van der Waals surface area (Å²) in [6, 6.07) is 2.83. The van der Waals surface area contributed by atoms with E-state index in [1.54, 1.807) is 0 Å². The molecule has 16 heavy (non-hydrogen) atoms. The van der Waals surface area contributed by atoms with Crippen molar-refractivity contribution in [2.75, 3.05) is 0 Å². The Morgan fingerprint density at radius 1 is 1.25 bits per heavy atom. The highest BCUT2D eigenvalue weighted by Gasteiger charge is 2.29. The van der Waals surface area contributed by atoms with Crippen LogP contribution in [0, 0.1) is 0 Å². The first-order valence-corrected chi connectivity index (χ1v) is 5.44. The molecule has 88 valence electrons. The third-order valence-electron chi connectivity index (χ3n) is 1.85. The topological polar surface area (TPSA) is 46.5 Å².